The van der Waals surface area contributed by atoms with Crippen LogP contribution >= 0.6 is 0 Å². The monoisotopic (exact) mass is 394 g/mol. The van der Waals surface area contributed by atoms with E-state index < -0.39 is 0 Å². The van der Waals surface area contributed by atoms with E-state index in [1.165, 1.54) is 32.1 Å². The van der Waals surface area contributed by atoms with Crippen LogP contribution in [-0.2, 0) is 4.79 Å². The van der Waals surface area contributed by atoms with Crippen molar-refractivity contribution in [1.29, 1.82) is 0 Å². The Morgan fingerprint density at radius 3 is 2.38 bits per heavy atom. The Hall–Kier alpha value is -2.70. The standard InChI is InChI=1S/C22H30N6O/c29-21(10-9-18-6-2-1-3-7-18)26-19-16-24-22(25-17-19)28-14-12-27(13-15-28)20-8-4-5-11-23-20/h4-5,8,11,16-18H,1-3,6-7,9-10,12-15H2,(H,26,29). The van der Waals surface area contributed by atoms with Crippen molar-refractivity contribution in [3.63, 3.8) is 0 Å². The lowest BCUT2D eigenvalue weighted by molar-refractivity contribution is -0.116. The summed E-state index contributed by atoms with van der Waals surface area (Å²) < 4.78 is 0. The predicted octanol–water partition coefficient (Wildman–Crippen LogP) is 3.50. The van der Waals surface area contributed by atoms with Gasteiger partial charge in [0.2, 0.25) is 11.9 Å². The lowest BCUT2D eigenvalue weighted by Crippen LogP contribution is -2.47. The number of aromatic nitrogens is 3. The fourth-order valence-corrected chi connectivity index (χ4v) is 4.26. The minimum absolute atomic E-state index is 0.0656. The molecule has 0 bridgehead atoms. The van der Waals surface area contributed by atoms with Crippen LogP contribution in [0.5, 0.6) is 0 Å². The maximum Gasteiger partial charge on any atom is 0.225 e. The van der Waals surface area contributed by atoms with Gasteiger partial charge in [0.05, 0.1) is 18.1 Å². The third kappa shape index (κ3) is 5.43. The second-order valence-corrected chi connectivity index (χ2v) is 8.02. The smallest absolute Gasteiger partial charge is 0.225 e. The summed E-state index contributed by atoms with van der Waals surface area (Å²) in [4.78, 5) is 30.0. The van der Waals surface area contributed by atoms with E-state index in [2.05, 4.69) is 30.1 Å². The number of nitrogens with one attached hydrogen (secondary N) is 1. The number of amides is 1. The van der Waals surface area contributed by atoms with E-state index in [4.69, 9.17) is 0 Å². The first-order valence-corrected chi connectivity index (χ1v) is 10.8. The van der Waals surface area contributed by atoms with Crippen LogP contribution in [0.15, 0.2) is 36.8 Å². The first-order chi connectivity index (χ1) is 14.3. The summed E-state index contributed by atoms with van der Waals surface area (Å²) in [5.74, 6) is 2.51. The van der Waals surface area contributed by atoms with Gasteiger partial charge < -0.3 is 15.1 Å². The summed E-state index contributed by atoms with van der Waals surface area (Å²) in [6.45, 7) is 3.48. The molecule has 154 valence electrons. The maximum absolute atomic E-state index is 12.2. The van der Waals surface area contributed by atoms with Crippen molar-refractivity contribution in [2.24, 2.45) is 5.92 Å². The number of carbonyl (C=O) groups excluding carboxylic acids is 1. The van der Waals surface area contributed by atoms with Gasteiger partial charge in [0.25, 0.3) is 0 Å². The Kier molecular flexibility index (Phi) is 6.54. The summed E-state index contributed by atoms with van der Waals surface area (Å²) in [7, 11) is 0. The molecule has 0 spiro atoms. The minimum Gasteiger partial charge on any atom is -0.353 e. The highest BCUT2D eigenvalue weighted by molar-refractivity contribution is 5.90. The summed E-state index contributed by atoms with van der Waals surface area (Å²) in [5, 5.41) is 2.94. The van der Waals surface area contributed by atoms with Crippen molar-refractivity contribution in [2.45, 2.75) is 44.9 Å². The highest BCUT2D eigenvalue weighted by atomic mass is 16.1. The van der Waals surface area contributed by atoms with Gasteiger partial charge in [-0.3, -0.25) is 4.79 Å². The maximum atomic E-state index is 12.2. The van der Waals surface area contributed by atoms with Crippen molar-refractivity contribution in [3.8, 4) is 0 Å². The zero-order chi connectivity index (χ0) is 19.9. The van der Waals surface area contributed by atoms with Crippen molar-refractivity contribution in [3.05, 3.63) is 36.8 Å². The minimum atomic E-state index is 0.0656. The first-order valence-electron chi connectivity index (χ1n) is 10.8. The summed E-state index contributed by atoms with van der Waals surface area (Å²) >= 11 is 0. The zero-order valence-electron chi connectivity index (χ0n) is 17.0. The molecule has 7 heteroatoms. The van der Waals surface area contributed by atoms with Crippen LogP contribution in [0.1, 0.15) is 44.9 Å². The molecule has 0 radical (unpaired) electrons. The van der Waals surface area contributed by atoms with Crippen LogP contribution in [0.4, 0.5) is 17.5 Å². The molecule has 3 heterocycles. The summed E-state index contributed by atoms with van der Waals surface area (Å²) in [6, 6.07) is 5.99. The number of piperazine rings is 1. The highest BCUT2D eigenvalue weighted by Crippen LogP contribution is 2.27. The van der Waals surface area contributed by atoms with Crippen molar-refractivity contribution in [2.75, 3.05) is 41.3 Å². The second kappa shape index (κ2) is 9.67. The molecule has 0 unspecified atom stereocenters. The van der Waals surface area contributed by atoms with Gasteiger partial charge in [-0.2, -0.15) is 0 Å². The molecule has 1 aliphatic heterocycles. The second-order valence-electron chi connectivity index (χ2n) is 8.02. The van der Waals surface area contributed by atoms with E-state index in [9.17, 15) is 4.79 Å². The molecule has 7 nitrogen and oxygen atoms in total. The average Bonchev–Trinajstić information content (AvgIpc) is 2.80. The molecule has 0 atom stereocenters. The molecular formula is C22H30N6O. The number of pyridine rings is 1. The first kappa shape index (κ1) is 19.6. The molecule has 1 saturated carbocycles. The molecule has 2 fully saturated rings. The van der Waals surface area contributed by atoms with Crippen molar-refractivity contribution >= 4 is 23.4 Å². The lowest BCUT2D eigenvalue weighted by atomic mass is 9.86. The van der Waals surface area contributed by atoms with E-state index >= 15 is 0 Å². The van der Waals surface area contributed by atoms with Gasteiger partial charge >= 0.3 is 0 Å². The van der Waals surface area contributed by atoms with Crippen LogP contribution in [0.25, 0.3) is 0 Å². The summed E-state index contributed by atoms with van der Waals surface area (Å²) in [6.07, 6.45) is 13.4. The fourth-order valence-electron chi connectivity index (χ4n) is 4.26. The topological polar surface area (TPSA) is 74.2 Å². The van der Waals surface area contributed by atoms with Gasteiger partial charge in [-0.25, -0.2) is 15.0 Å². The van der Waals surface area contributed by atoms with Gasteiger partial charge in [-0.05, 0) is 24.5 Å². The molecule has 2 aliphatic rings. The molecular weight excluding hydrogens is 364 g/mol. The quantitative estimate of drug-likeness (QED) is 0.808. The van der Waals surface area contributed by atoms with Gasteiger partial charge in [-0.15, -0.1) is 0 Å². The Morgan fingerprint density at radius 1 is 0.966 bits per heavy atom. The number of hydrogen-bond donors (Lipinski definition) is 1. The van der Waals surface area contributed by atoms with E-state index in [-0.39, 0.29) is 5.91 Å². The normalized spacial score (nSPS) is 17.9. The van der Waals surface area contributed by atoms with E-state index in [1.54, 1.807) is 12.4 Å². The number of hydrogen-bond acceptors (Lipinski definition) is 6. The van der Waals surface area contributed by atoms with Gasteiger partial charge in [0.1, 0.15) is 5.82 Å². The molecule has 2 aromatic rings. The number of carbonyl (C=O) groups is 1. The Balaban J connectivity index is 1.23. The molecule has 4 rings (SSSR count). The van der Waals surface area contributed by atoms with E-state index in [1.807, 2.05) is 24.4 Å². The van der Waals surface area contributed by atoms with Crippen LogP contribution in [0, 0.1) is 5.92 Å². The van der Waals surface area contributed by atoms with Crippen molar-refractivity contribution < 1.29 is 4.79 Å². The zero-order valence-corrected chi connectivity index (χ0v) is 17.0. The van der Waals surface area contributed by atoms with Gasteiger partial charge in [0, 0.05) is 38.8 Å². The van der Waals surface area contributed by atoms with Crippen molar-refractivity contribution in [1.82, 2.24) is 15.0 Å². The predicted molar refractivity (Wildman–Crippen MR) is 115 cm³/mol. The largest absolute Gasteiger partial charge is 0.353 e. The Morgan fingerprint density at radius 2 is 1.69 bits per heavy atom. The van der Waals surface area contributed by atoms with Crippen LogP contribution in [-0.4, -0.2) is 47.0 Å². The Bertz CT molecular complexity index is 768. The molecule has 1 aliphatic carbocycles. The SMILES string of the molecule is O=C(CCC1CCCCC1)Nc1cnc(N2CCN(c3ccccn3)CC2)nc1. The molecule has 2 aromatic heterocycles. The van der Waals surface area contributed by atoms with Crippen LogP contribution in [0.3, 0.4) is 0 Å². The third-order valence-electron chi connectivity index (χ3n) is 5.96. The van der Waals surface area contributed by atoms with Crippen LogP contribution in [0.2, 0.25) is 0 Å². The number of rotatable bonds is 6. The molecule has 0 aromatic carbocycles. The summed E-state index contributed by atoms with van der Waals surface area (Å²) in [5.41, 5.74) is 0.675. The third-order valence-corrected chi connectivity index (χ3v) is 5.96. The average molecular weight is 395 g/mol. The molecule has 1 N–H and O–H groups in total. The molecule has 1 saturated heterocycles. The number of nitrogens with zero attached hydrogens (tertiary/aromatic N) is 5. The lowest BCUT2D eigenvalue weighted by Gasteiger charge is -2.35. The van der Waals surface area contributed by atoms with Crippen LogP contribution < -0.4 is 15.1 Å². The highest BCUT2D eigenvalue weighted by Gasteiger charge is 2.20. The number of anilines is 3. The van der Waals surface area contributed by atoms with E-state index in [0.29, 0.717) is 18.1 Å². The van der Waals surface area contributed by atoms with Gasteiger partial charge in [0.15, 0.2) is 0 Å². The molecule has 1 amide bonds. The van der Waals surface area contributed by atoms with E-state index in [0.717, 1.165) is 44.3 Å². The van der Waals surface area contributed by atoms with Gasteiger partial charge in [-0.1, -0.05) is 38.2 Å². The fraction of sp³-hybridized carbons (Fsp3) is 0.545. The molecule has 29 heavy (non-hydrogen) atoms. The Labute approximate surface area is 172 Å².